The highest BCUT2D eigenvalue weighted by Crippen LogP contribution is 2.42. The second-order valence-electron chi connectivity index (χ2n) is 4.51. The molecular formula is C12H13ClN2O. The third-order valence-corrected chi connectivity index (χ3v) is 3.80. The zero-order valence-corrected chi connectivity index (χ0v) is 9.60. The zero-order chi connectivity index (χ0) is 11.2. The number of piperidine rings is 1. The van der Waals surface area contributed by atoms with E-state index in [4.69, 9.17) is 11.6 Å². The molecule has 1 saturated heterocycles. The second-order valence-corrected chi connectivity index (χ2v) is 4.94. The van der Waals surface area contributed by atoms with Gasteiger partial charge in [0.2, 0.25) is 5.91 Å². The molecule has 2 aliphatic heterocycles. The molecule has 1 fully saturated rings. The van der Waals surface area contributed by atoms with E-state index in [9.17, 15) is 4.79 Å². The molecule has 0 radical (unpaired) electrons. The summed E-state index contributed by atoms with van der Waals surface area (Å²) >= 11 is 6.01. The lowest BCUT2D eigenvalue weighted by molar-refractivity contribution is -0.121. The number of hydrogen-bond acceptors (Lipinski definition) is 2. The molecule has 4 heteroatoms. The number of fused-ring (bicyclic) bond motifs is 2. The van der Waals surface area contributed by atoms with E-state index in [-0.39, 0.29) is 5.91 Å². The van der Waals surface area contributed by atoms with Crippen LogP contribution in [0.2, 0.25) is 5.02 Å². The van der Waals surface area contributed by atoms with E-state index in [2.05, 4.69) is 10.6 Å². The molecule has 1 amide bonds. The summed E-state index contributed by atoms with van der Waals surface area (Å²) in [4.78, 5) is 12.1. The predicted octanol–water partition coefficient (Wildman–Crippen LogP) is 1.91. The average molecular weight is 237 g/mol. The van der Waals surface area contributed by atoms with Crippen molar-refractivity contribution < 1.29 is 4.79 Å². The van der Waals surface area contributed by atoms with E-state index in [1.165, 1.54) is 0 Å². The van der Waals surface area contributed by atoms with Crippen LogP contribution in [0.4, 0.5) is 5.69 Å². The van der Waals surface area contributed by atoms with Gasteiger partial charge in [-0.1, -0.05) is 11.6 Å². The molecule has 2 aliphatic rings. The van der Waals surface area contributed by atoms with Gasteiger partial charge in [0.15, 0.2) is 0 Å². The minimum atomic E-state index is -0.390. The van der Waals surface area contributed by atoms with Crippen LogP contribution in [0, 0.1) is 0 Å². The molecule has 2 heterocycles. The Balaban J connectivity index is 2.13. The number of amides is 1. The fourth-order valence-electron chi connectivity index (χ4n) is 2.71. The van der Waals surface area contributed by atoms with E-state index in [0.717, 1.165) is 30.6 Å². The number of halogens is 1. The van der Waals surface area contributed by atoms with E-state index >= 15 is 0 Å². The van der Waals surface area contributed by atoms with Crippen LogP contribution in [0.3, 0.4) is 0 Å². The Morgan fingerprint density at radius 3 is 3.00 bits per heavy atom. The third kappa shape index (κ3) is 1.28. The normalized spacial score (nSPS) is 27.9. The molecule has 0 saturated carbocycles. The first kappa shape index (κ1) is 10.1. The number of rotatable bonds is 0. The Kier molecular flexibility index (Phi) is 2.19. The largest absolute Gasteiger partial charge is 0.325 e. The highest BCUT2D eigenvalue weighted by Gasteiger charge is 2.47. The molecular weight excluding hydrogens is 224 g/mol. The van der Waals surface area contributed by atoms with Crippen LogP contribution < -0.4 is 10.6 Å². The maximum Gasteiger partial charge on any atom is 0.236 e. The van der Waals surface area contributed by atoms with Crippen molar-refractivity contribution in [1.82, 2.24) is 5.32 Å². The molecule has 0 bridgehead atoms. The van der Waals surface area contributed by atoms with E-state index in [1.54, 1.807) is 0 Å². The number of anilines is 1. The summed E-state index contributed by atoms with van der Waals surface area (Å²) < 4.78 is 0. The van der Waals surface area contributed by atoms with Gasteiger partial charge in [0, 0.05) is 17.3 Å². The van der Waals surface area contributed by atoms with Gasteiger partial charge in [-0.05, 0) is 43.1 Å². The predicted molar refractivity (Wildman–Crippen MR) is 63.9 cm³/mol. The molecule has 16 heavy (non-hydrogen) atoms. The van der Waals surface area contributed by atoms with Gasteiger partial charge in [-0.25, -0.2) is 0 Å². The van der Waals surface area contributed by atoms with Crippen LogP contribution in [-0.4, -0.2) is 19.0 Å². The number of nitrogens with one attached hydrogen (secondary N) is 2. The Hall–Kier alpha value is -1.06. The summed E-state index contributed by atoms with van der Waals surface area (Å²) in [6.07, 6.45) is 1.93. The van der Waals surface area contributed by atoms with Crippen LogP contribution in [-0.2, 0) is 10.2 Å². The first-order valence-corrected chi connectivity index (χ1v) is 5.92. The Bertz CT molecular complexity index is 452. The van der Waals surface area contributed by atoms with Crippen molar-refractivity contribution in [3.63, 3.8) is 0 Å². The van der Waals surface area contributed by atoms with Crippen molar-refractivity contribution >= 4 is 23.2 Å². The van der Waals surface area contributed by atoms with Gasteiger partial charge >= 0.3 is 0 Å². The standard InChI is InChI=1S/C12H13ClN2O/c13-8-2-3-10-9(6-8)12(11(16)15-10)4-1-5-14-7-12/h2-3,6,14H,1,4-5,7H2,(H,15,16). The molecule has 84 valence electrons. The fourth-order valence-corrected chi connectivity index (χ4v) is 2.89. The van der Waals surface area contributed by atoms with Gasteiger partial charge in [0.25, 0.3) is 0 Å². The lowest BCUT2D eigenvalue weighted by atomic mass is 9.76. The van der Waals surface area contributed by atoms with Gasteiger partial charge < -0.3 is 10.6 Å². The fraction of sp³-hybridized carbons (Fsp3) is 0.417. The summed E-state index contributed by atoms with van der Waals surface area (Å²) in [5.41, 5.74) is 1.58. The van der Waals surface area contributed by atoms with Crippen LogP contribution in [0.15, 0.2) is 18.2 Å². The zero-order valence-electron chi connectivity index (χ0n) is 8.85. The summed E-state index contributed by atoms with van der Waals surface area (Å²) in [7, 11) is 0. The van der Waals surface area contributed by atoms with Crippen molar-refractivity contribution in [3.8, 4) is 0 Å². The van der Waals surface area contributed by atoms with Gasteiger partial charge in [0.1, 0.15) is 0 Å². The van der Waals surface area contributed by atoms with E-state index < -0.39 is 5.41 Å². The van der Waals surface area contributed by atoms with Crippen LogP contribution in [0.5, 0.6) is 0 Å². The molecule has 3 nitrogen and oxygen atoms in total. The van der Waals surface area contributed by atoms with E-state index in [1.807, 2.05) is 18.2 Å². The topological polar surface area (TPSA) is 41.1 Å². The van der Waals surface area contributed by atoms with Crippen LogP contribution in [0.1, 0.15) is 18.4 Å². The van der Waals surface area contributed by atoms with Gasteiger partial charge in [-0.15, -0.1) is 0 Å². The van der Waals surface area contributed by atoms with E-state index in [0.29, 0.717) is 11.6 Å². The minimum Gasteiger partial charge on any atom is -0.325 e. The van der Waals surface area contributed by atoms with Crippen molar-refractivity contribution in [2.24, 2.45) is 0 Å². The maximum atomic E-state index is 12.1. The molecule has 1 atom stereocenters. The minimum absolute atomic E-state index is 0.108. The van der Waals surface area contributed by atoms with Gasteiger partial charge in [-0.3, -0.25) is 4.79 Å². The summed E-state index contributed by atoms with van der Waals surface area (Å²) in [5.74, 6) is 0.108. The Morgan fingerprint density at radius 1 is 1.38 bits per heavy atom. The Morgan fingerprint density at radius 2 is 2.25 bits per heavy atom. The molecule has 1 unspecified atom stereocenters. The lowest BCUT2D eigenvalue weighted by Crippen LogP contribution is -2.47. The SMILES string of the molecule is O=C1Nc2ccc(Cl)cc2C12CCCNC2. The third-order valence-electron chi connectivity index (χ3n) is 3.56. The quantitative estimate of drug-likeness (QED) is 0.723. The lowest BCUT2D eigenvalue weighted by Gasteiger charge is -2.32. The molecule has 1 aromatic carbocycles. The van der Waals surface area contributed by atoms with Crippen LogP contribution in [0.25, 0.3) is 0 Å². The smallest absolute Gasteiger partial charge is 0.236 e. The van der Waals surface area contributed by atoms with Gasteiger partial charge in [-0.2, -0.15) is 0 Å². The summed E-state index contributed by atoms with van der Waals surface area (Å²) in [6, 6.07) is 5.62. The van der Waals surface area contributed by atoms with Crippen LogP contribution >= 0.6 is 11.6 Å². The first-order chi connectivity index (χ1) is 7.72. The monoisotopic (exact) mass is 236 g/mol. The highest BCUT2D eigenvalue weighted by molar-refractivity contribution is 6.31. The number of carbonyl (C=O) groups excluding carboxylic acids is 1. The molecule has 2 N–H and O–H groups in total. The number of benzene rings is 1. The van der Waals surface area contributed by atoms with Crippen molar-refractivity contribution in [2.75, 3.05) is 18.4 Å². The Labute approximate surface area is 99.2 Å². The summed E-state index contributed by atoms with van der Waals surface area (Å²) in [6.45, 7) is 1.71. The molecule has 3 rings (SSSR count). The van der Waals surface area contributed by atoms with Crippen molar-refractivity contribution in [2.45, 2.75) is 18.3 Å². The molecule has 0 aromatic heterocycles. The number of carbonyl (C=O) groups is 1. The van der Waals surface area contributed by atoms with Crippen molar-refractivity contribution in [1.29, 1.82) is 0 Å². The second kappa shape index (κ2) is 3.47. The average Bonchev–Trinajstić information content (AvgIpc) is 2.55. The van der Waals surface area contributed by atoms with Gasteiger partial charge in [0.05, 0.1) is 5.41 Å². The molecule has 1 spiro atoms. The first-order valence-electron chi connectivity index (χ1n) is 5.55. The maximum absolute atomic E-state index is 12.1. The molecule has 0 aliphatic carbocycles. The summed E-state index contributed by atoms with van der Waals surface area (Å²) in [5, 5.41) is 6.95. The van der Waals surface area contributed by atoms with Crippen molar-refractivity contribution in [3.05, 3.63) is 28.8 Å². The molecule has 1 aromatic rings. The number of hydrogen-bond donors (Lipinski definition) is 2. The highest BCUT2D eigenvalue weighted by atomic mass is 35.5.